The van der Waals surface area contributed by atoms with Gasteiger partial charge in [0.05, 0.1) is 18.7 Å². The van der Waals surface area contributed by atoms with Crippen molar-refractivity contribution in [2.45, 2.75) is 57.4 Å². The van der Waals surface area contributed by atoms with Crippen LogP contribution >= 0.6 is 0 Å². The van der Waals surface area contributed by atoms with E-state index in [2.05, 4.69) is 26.1 Å². The molecule has 2 aliphatic carbocycles. The fraction of sp³-hybridized carbons (Fsp3) is 0.667. The van der Waals surface area contributed by atoms with Gasteiger partial charge in [-0.3, -0.25) is 25.6 Å². The van der Waals surface area contributed by atoms with Crippen molar-refractivity contribution >= 4 is 24.1 Å². The van der Waals surface area contributed by atoms with Crippen LogP contribution < -0.4 is 16.2 Å². The molecule has 9 nitrogen and oxygen atoms in total. The van der Waals surface area contributed by atoms with Gasteiger partial charge in [0, 0.05) is 6.04 Å². The maximum absolute atomic E-state index is 13.8. The van der Waals surface area contributed by atoms with E-state index in [4.69, 9.17) is 0 Å². The van der Waals surface area contributed by atoms with Gasteiger partial charge in [-0.2, -0.15) is 4.98 Å². The third-order valence-corrected chi connectivity index (χ3v) is 5.20. The van der Waals surface area contributed by atoms with Gasteiger partial charge in [0.1, 0.15) is 0 Å². The Morgan fingerprint density at radius 3 is 2.75 bits per heavy atom. The summed E-state index contributed by atoms with van der Waals surface area (Å²) in [5, 5.41) is 13.0. The Kier molecular flexibility index (Phi) is 6.96. The number of carbonyl (C=O) groups is 2. The molecule has 0 spiro atoms. The highest BCUT2D eigenvalue weighted by atomic mass is 19.1. The van der Waals surface area contributed by atoms with Gasteiger partial charge in [-0.1, -0.05) is 32.1 Å². The van der Waals surface area contributed by atoms with Crippen LogP contribution in [0.5, 0.6) is 0 Å². The summed E-state index contributed by atoms with van der Waals surface area (Å²) >= 11 is 0. The summed E-state index contributed by atoms with van der Waals surface area (Å²) in [5.41, 5.74) is 5.11. The Balaban J connectivity index is 1.57. The van der Waals surface area contributed by atoms with E-state index in [1.165, 1.54) is 6.42 Å². The molecule has 10 heteroatoms. The van der Waals surface area contributed by atoms with Crippen molar-refractivity contribution in [3.05, 3.63) is 12.0 Å². The molecule has 2 amide bonds. The Hall–Kier alpha value is -2.49. The summed E-state index contributed by atoms with van der Waals surface area (Å²) in [6, 6.07) is 0.227. The van der Waals surface area contributed by atoms with Crippen LogP contribution in [-0.4, -0.2) is 45.1 Å². The van der Waals surface area contributed by atoms with Crippen molar-refractivity contribution < 1.29 is 19.2 Å². The zero-order chi connectivity index (χ0) is 19.9. The molecule has 154 valence electrons. The minimum Gasteiger partial charge on any atom is -0.365 e. The number of aromatic nitrogens is 2. The van der Waals surface area contributed by atoms with Crippen LogP contribution in [0.25, 0.3) is 0 Å². The summed E-state index contributed by atoms with van der Waals surface area (Å²) < 4.78 is 13.8. The molecule has 2 aliphatic rings. The minimum absolute atomic E-state index is 0.0607. The normalized spacial score (nSPS) is 18.2. The van der Waals surface area contributed by atoms with Crippen LogP contribution in [-0.2, 0) is 9.59 Å². The molecule has 0 aromatic carbocycles. The fourth-order valence-corrected chi connectivity index (χ4v) is 3.53. The van der Waals surface area contributed by atoms with Crippen LogP contribution in [0.15, 0.2) is 6.20 Å². The Morgan fingerprint density at radius 1 is 1.32 bits per heavy atom. The lowest BCUT2D eigenvalue weighted by molar-refractivity contribution is -0.155. The molecule has 1 atom stereocenters. The van der Waals surface area contributed by atoms with Crippen LogP contribution in [0.2, 0.25) is 0 Å². The lowest BCUT2D eigenvalue weighted by atomic mass is 9.82. The van der Waals surface area contributed by atoms with Crippen molar-refractivity contribution in [2.75, 3.05) is 17.3 Å². The Labute approximate surface area is 163 Å². The molecule has 1 unspecified atom stereocenters. The summed E-state index contributed by atoms with van der Waals surface area (Å²) in [6.07, 6.45) is 9.40. The fourth-order valence-electron chi connectivity index (χ4n) is 3.53. The average molecular weight is 394 g/mol. The molecule has 1 heterocycles. The zero-order valence-corrected chi connectivity index (χ0v) is 15.7. The Morgan fingerprint density at radius 2 is 2.07 bits per heavy atom. The van der Waals surface area contributed by atoms with E-state index in [1.54, 1.807) is 0 Å². The second kappa shape index (κ2) is 9.63. The number of carbonyl (C=O) groups excluding carboxylic acids is 2. The SMILES string of the molecule is O=CN(O)CC(CC1CCCCC1)C(=O)NNc1ncc(F)c(NC2CC2)n1. The number of nitrogens with one attached hydrogen (secondary N) is 3. The lowest BCUT2D eigenvalue weighted by Crippen LogP contribution is -2.41. The highest BCUT2D eigenvalue weighted by Gasteiger charge is 2.27. The van der Waals surface area contributed by atoms with Gasteiger partial charge in [-0.05, 0) is 25.2 Å². The van der Waals surface area contributed by atoms with Gasteiger partial charge < -0.3 is 5.32 Å². The highest BCUT2D eigenvalue weighted by molar-refractivity contribution is 5.80. The molecule has 2 fully saturated rings. The maximum atomic E-state index is 13.8. The lowest BCUT2D eigenvalue weighted by Gasteiger charge is -2.27. The molecule has 1 aromatic heterocycles. The molecule has 0 radical (unpaired) electrons. The molecular weight excluding hydrogens is 367 g/mol. The molecule has 0 saturated heterocycles. The van der Waals surface area contributed by atoms with Gasteiger partial charge in [0.2, 0.25) is 18.3 Å². The number of hydroxylamine groups is 2. The van der Waals surface area contributed by atoms with Crippen molar-refractivity contribution in [2.24, 2.45) is 11.8 Å². The van der Waals surface area contributed by atoms with E-state index in [-0.39, 0.29) is 36.7 Å². The first kappa shape index (κ1) is 20.2. The number of nitrogens with zero attached hydrogens (tertiary/aromatic N) is 3. The molecular formula is C18H27FN6O3. The summed E-state index contributed by atoms with van der Waals surface area (Å²) in [7, 11) is 0. The third-order valence-electron chi connectivity index (χ3n) is 5.20. The monoisotopic (exact) mass is 394 g/mol. The van der Waals surface area contributed by atoms with Gasteiger partial charge in [0.25, 0.3) is 0 Å². The van der Waals surface area contributed by atoms with Crippen LogP contribution in [0, 0.1) is 17.7 Å². The number of anilines is 2. The number of amides is 2. The van der Waals surface area contributed by atoms with E-state index >= 15 is 0 Å². The second-order valence-corrected chi connectivity index (χ2v) is 7.59. The average Bonchev–Trinajstić information content (AvgIpc) is 3.52. The maximum Gasteiger partial charge on any atom is 0.243 e. The van der Waals surface area contributed by atoms with E-state index in [1.807, 2.05) is 0 Å². The molecule has 1 aromatic rings. The summed E-state index contributed by atoms with van der Waals surface area (Å²) in [6.45, 7) is -0.0910. The van der Waals surface area contributed by atoms with Gasteiger partial charge in [0.15, 0.2) is 11.6 Å². The number of rotatable bonds is 10. The van der Waals surface area contributed by atoms with Crippen molar-refractivity contribution in [1.29, 1.82) is 0 Å². The number of hydrogen-bond donors (Lipinski definition) is 4. The molecule has 2 saturated carbocycles. The first-order valence-electron chi connectivity index (χ1n) is 9.81. The quantitative estimate of drug-likeness (QED) is 0.272. The highest BCUT2D eigenvalue weighted by Crippen LogP contribution is 2.29. The molecule has 4 N–H and O–H groups in total. The molecule has 3 rings (SSSR count). The second-order valence-electron chi connectivity index (χ2n) is 7.59. The smallest absolute Gasteiger partial charge is 0.243 e. The van der Waals surface area contributed by atoms with Gasteiger partial charge >= 0.3 is 0 Å². The third kappa shape index (κ3) is 6.01. The topological polar surface area (TPSA) is 119 Å². The largest absolute Gasteiger partial charge is 0.365 e. The van der Waals surface area contributed by atoms with Gasteiger partial charge in [-0.15, -0.1) is 0 Å². The van der Waals surface area contributed by atoms with Crippen LogP contribution in [0.4, 0.5) is 16.2 Å². The molecule has 0 bridgehead atoms. The summed E-state index contributed by atoms with van der Waals surface area (Å²) in [5.74, 6) is -0.964. The van der Waals surface area contributed by atoms with Gasteiger partial charge in [-0.25, -0.2) is 14.4 Å². The van der Waals surface area contributed by atoms with E-state index in [0.717, 1.165) is 44.7 Å². The molecule has 0 aliphatic heterocycles. The first-order chi connectivity index (χ1) is 13.5. The van der Waals surface area contributed by atoms with E-state index in [9.17, 15) is 19.2 Å². The van der Waals surface area contributed by atoms with Crippen LogP contribution in [0.1, 0.15) is 51.4 Å². The standard InChI is InChI=1S/C18H27FN6O3/c19-15-9-20-18(22-16(15)21-14-6-7-14)24-23-17(27)13(10-25(28)11-26)8-12-4-2-1-3-5-12/h9,11-14,28H,1-8,10H2,(H,23,27)(H2,20,21,22,24). The first-order valence-corrected chi connectivity index (χ1v) is 9.81. The number of hydrogen-bond acceptors (Lipinski definition) is 7. The predicted molar refractivity (Wildman–Crippen MR) is 99.6 cm³/mol. The van der Waals surface area contributed by atoms with E-state index < -0.39 is 11.7 Å². The van der Waals surface area contributed by atoms with Crippen molar-refractivity contribution in [1.82, 2.24) is 20.5 Å². The minimum atomic E-state index is -0.574. The zero-order valence-electron chi connectivity index (χ0n) is 15.7. The van der Waals surface area contributed by atoms with Crippen molar-refractivity contribution in [3.63, 3.8) is 0 Å². The summed E-state index contributed by atoms with van der Waals surface area (Å²) in [4.78, 5) is 31.2. The van der Waals surface area contributed by atoms with E-state index in [0.29, 0.717) is 17.4 Å². The van der Waals surface area contributed by atoms with Crippen molar-refractivity contribution in [3.8, 4) is 0 Å². The number of halogens is 1. The molecule has 28 heavy (non-hydrogen) atoms. The number of hydrazine groups is 1. The van der Waals surface area contributed by atoms with Crippen LogP contribution in [0.3, 0.4) is 0 Å². The Bertz CT molecular complexity index is 681. The predicted octanol–water partition coefficient (Wildman–Crippen LogP) is 2.07.